The number of nitrogens with zero attached hydrogens (tertiary/aromatic N) is 1. The highest BCUT2D eigenvalue weighted by molar-refractivity contribution is 6.70. The minimum Gasteiger partial charge on any atom is -0.544 e. The van der Waals surface area contributed by atoms with Crippen molar-refractivity contribution in [2.75, 3.05) is 7.11 Å². The molecule has 36 heavy (non-hydrogen) atoms. The standard InChI is InChI=1S/C28H49NO4Si3/c1-28-15-14-21-20-13-12-19(31-34(3,4)5)16-23(20)25(29-30-2)17-22(21)24(28)18-26(32-35(6,7)8)27(28)33-36(9,10)11/h12-13,16,21-22,24,26-27H,14-15,17-18H2,1-11H3/b29-25-/t21-,22-,24+,26-,27+,28+/m1/s1. The highest BCUT2D eigenvalue weighted by atomic mass is 28.4. The van der Waals surface area contributed by atoms with Gasteiger partial charge in [-0.3, -0.25) is 0 Å². The van der Waals surface area contributed by atoms with Gasteiger partial charge in [0, 0.05) is 5.56 Å². The Bertz CT molecular complexity index is 994. The van der Waals surface area contributed by atoms with Crippen LogP contribution >= 0.6 is 0 Å². The van der Waals surface area contributed by atoms with E-state index in [1.54, 1.807) is 7.11 Å². The molecule has 0 spiro atoms. The maximum atomic E-state index is 6.98. The largest absolute Gasteiger partial charge is 0.544 e. The normalized spacial score (nSPS) is 33.6. The van der Waals surface area contributed by atoms with Crippen molar-refractivity contribution in [1.29, 1.82) is 0 Å². The van der Waals surface area contributed by atoms with Crippen LogP contribution in [0.4, 0.5) is 0 Å². The summed E-state index contributed by atoms with van der Waals surface area (Å²) in [7, 11) is -3.47. The van der Waals surface area contributed by atoms with E-state index in [9.17, 15) is 0 Å². The zero-order valence-corrected chi connectivity index (χ0v) is 27.5. The van der Waals surface area contributed by atoms with Crippen LogP contribution in [0.25, 0.3) is 0 Å². The lowest BCUT2D eigenvalue weighted by Gasteiger charge is -2.51. The lowest BCUT2D eigenvalue weighted by Crippen LogP contribution is -2.50. The molecule has 6 atom stereocenters. The number of oxime groups is 1. The van der Waals surface area contributed by atoms with Crippen LogP contribution in [-0.4, -0.2) is 50.0 Å². The van der Waals surface area contributed by atoms with Crippen LogP contribution in [-0.2, 0) is 13.7 Å². The fourth-order valence-corrected chi connectivity index (χ4v) is 10.3. The van der Waals surface area contributed by atoms with Crippen molar-refractivity contribution in [2.24, 2.45) is 22.4 Å². The zero-order chi connectivity index (χ0) is 26.7. The molecule has 2 saturated carbocycles. The molecule has 8 heteroatoms. The van der Waals surface area contributed by atoms with E-state index in [0.29, 0.717) is 17.8 Å². The Kier molecular flexibility index (Phi) is 7.54. The first-order chi connectivity index (χ1) is 16.5. The molecule has 0 saturated heterocycles. The van der Waals surface area contributed by atoms with Gasteiger partial charge < -0.3 is 18.1 Å². The molecule has 4 rings (SSSR count). The van der Waals surface area contributed by atoms with Crippen LogP contribution in [0, 0.1) is 17.3 Å². The molecule has 0 bridgehead atoms. The summed E-state index contributed by atoms with van der Waals surface area (Å²) < 4.78 is 20.2. The van der Waals surface area contributed by atoms with Crippen molar-refractivity contribution in [1.82, 2.24) is 0 Å². The van der Waals surface area contributed by atoms with Gasteiger partial charge in [-0.2, -0.15) is 0 Å². The first-order valence-corrected chi connectivity index (χ1v) is 24.0. The highest BCUT2D eigenvalue weighted by Crippen LogP contribution is 2.62. The second-order valence-electron chi connectivity index (χ2n) is 14.5. The van der Waals surface area contributed by atoms with Crippen molar-refractivity contribution in [2.45, 2.75) is 110 Å². The molecular formula is C28H49NO4Si3. The van der Waals surface area contributed by atoms with Crippen molar-refractivity contribution >= 4 is 30.7 Å². The summed E-state index contributed by atoms with van der Waals surface area (Å²) in [5.41, 5.74) is 3.84. The Morgan fingerprint density at radius 3 is 2.17 bits per heavy atom. The molecule has 0 unspecified atom stereocenters. The van der Waals surface area contributed by atoms with Gasteiger partial charge in [-0.05, 0) is 125 Å². The fraction of sp³-hybridized carbons (Fsp3) is 0.750. The third-order valence-electron chi connectivity index (χ3n) is 8.12. The maximum Gasteiger partial charge on any atom is 0.242 e. The summed E-state index contributed by atoms with van der Waals surface area (Å²) in [6.07, 6.45) is 4.77. The van der Waals surface area contributed by atoms with Crippen LogP contribution in [0.3, 0.4) is 0 Å². The number of fused-ring (bicyclic) bond motifs is 5. The van der Waals surface area contributed by atoms with Gasteiger partial charge in [0.15, 0.2) is 16.6 Å². The number of rotatable bonds is 7. The second kappa shape index (κ2) is 9.67. The Morgan fingerprint density at radius 1 is 0.917 bits per heavy atom. The van der Waals surface area contributed by atoms with Gasteiger partial charge in [0.25, 0.3) is 0 Å². The van der Waals surface area contributed by atoms with E-state index >= 15 is 0 Å². The third kappa shape index (κ3) is 5.87. The topological polar surface area (TPSA) is 49.3 Å². The Morgan fingerprint density at radius 2 is 1.58 bits per heavy atom. The molecule has 2 fully saturated rings. The van der Waals surface area contributed by atoms with Gasteiger partial charge in [-0.1, -0.05) is 18.1 Å². The van der Waals surface area contributed by atoms with E-state index in [-0.39, 0.29) is 17.6 Å². The van der Waals surface area contributed by atoms with Crippen molar-refractivity contribution < 1.29 is 18.1 Å². The highest BCUT2D eigenvalue weighted by Gasteiger charge is 2.60. The minimum absolute atomic E-state index is 0.127. The molecule has 3 aliphatic rings. The average Bonchev–Trinajstić information content (AvgIpc) is 2.96. The van der Waals surface area contributed by atoms with E-state index in [0.717, 1.165) is 24.3 Å². The van der Waals surface area contributed by atoms with Crippen LogP contribution in [0.15, 0.2) is 23.4 Å². The maximum absolute atomic E-state index is 6.98. The van der Waals surface area contributed by atoms with Crippen LogP contribution in [0.2, 0.25) is 58.9 Å². The number of hydrogen-bond donors (Lipinski definition) is 0. The summed E-state index contributed by atoms with van der Waals surface area (Å²) in [4.78, 5) is 5.39. The molecule has 0 heterocycles. The molecule has 0 aromatic heterocycles. The Labute approximate surface area is 222 Å². The average molecular weight is 548 g/mol. The Balaban J connectivity index is 1.72. The molecule has 1 aromatic carbocycles. The van der Waals surface area contributed by atoms with Crippen molar-refractivity contribution in [3.8, 4) is 5.75 Å². The minimum atomic E-state index is -1.74. The first-order valence-electron chi connectivity index (χ1n) is 13.8. The molecule has 0 N–H and O–H groups in total. The smallest absolute Gasteiger partial charge is 0.242 e. The van der Waals surface area contributed by atoms with Gasteiger partial charge in [-0.15, -0.1) is 0 Å². The summed E-state index contributed by atoms with van der Waals surface area (Å²) in [5, 5.41) is 4.57. The van der Waals surface area contributed by atoms with Crippen molar-refractivity contribution in [3.63, 3.8) is 0 Å². The van der Waals surface area contributed by atoms with E-state index in [1.807, 2.05) is 0 Å². The van der Waals surface area contributed by atoms with Gasteiger partial charge in [0.05, 0.1) is 17.9 Å². The van der Waals surface area contributed by atoms with Gasteiger partial charge in [0.2, 0.25) is 8.32 Å². The molecule has 0 amide bonds. The van der Waals surface area contributed by atoms with E-state index < -0.39 is 25.0 Å². The third-order valence-corrected chi connectivity index (χ3v) is 10.9. The monoisotopic (exact) mass is 547 g/mol. The predicted molar refractivity (Wildman–Crippen MR) is 157 cm³/mol. The van der Waals surface area contributed by atoms with E-state index in [4.69, 9.17) is 18.1 Å². The molecule has 0 radical (unpaired) electrons. The molecule has 5 nitrogen and oxygen atoms in total. The number of benzene rings is 1. The lowest BCUT2D eigenvalue weighted by molar-refractivity contribution is -0.0333. The first kappa shape index (κ1) is 28.1. The summed E-state index contributed by atoms with van der Waals surface area (Å²) in [6, 6.07) is 6.72. The predicted octanol–water partition coefficient (Wildman–Crippen LogP) is 7.61. The SMILES string of the molecule is CO/N=C1/C[C@@H]2[C@H](CC[C@@]3(C)[C@H]2C[C@@H](O[Si](C)(C)C)[C@@H]3O[Si](C)(C)C)c2ccc(O[Si](C)(C)C)cc21. The molecule has 202 valence electrons. The van der Waals surface area contributed by atoms with Crippen LogP contribution in [0.5, 0.6) is 5.75 Å². The fourth-order valence-electron chi connectivity index (χ4n) is 7.11. The molecule has 0 aliphatic heterocycles. The molecule has 1 aromatic rings. The van der Waals surface area contributed by atoms with E-state index in [2.05, 4.69) is 89.2 Å². The Hall–Kier alpha value is -0.939. The van der Waals surface area contributed by atoms with Crippen LogP contribution < -0.4 is 4.43 Å². The van der Waals surface area contributed by atoms with E-state index in [1.165, 1.54) is 24.0 Å². The number of hydrogen-bond acceptors (Lipinski definition) is 5. The quantitative estimate of drug-likeness (QED) is 0.260. The van der Waals surface area contributed by atoms with Crippen LogP contribution in [0.1, 0.15) is 49.7 Å². The molecular weight excluding hydrogens is 499 g/mol. The van der Waals surface area contributed by atoms with Crippen molar-refractivity contribution in [3.05, 3.63) is 29.3 Å². The van der Waals surface area contributed by atoms with Gasteiger partial charge in [0.1, 0.15) is 12.9 Å². The summed E-state index contributed by atoms with van der Waals surface area (Å²) in [6.45, 7) is 23.1. The zero-order valence-electron chi connectivity index (χ0n) is 24.5. The summed E-state index contributed by atoms with van der Waals surface area (Å²) in [5.74, 6) is 2.57. The lowest BCUT2D eigenvalue weighted by atomic mass is 9.55. The second-order valence-corrected chi connectivity index (χ2v) is 27.8. The van der Waals surface area contributed by atoms with Gasteiger partial charge >= 0.3 is 0 Å². The van der Waals surface area contributed by atoms with Gasteiger partial charge in [-0.25, -0.2) is 0 Å². The molecule has 3 aliphatic carbocycles. The summed E-state index contributed by atoms with van der Waals surface area (Å²) >= 11 is 0.